The molecule has 0 saturated heterocycles. The number of hydrogen-bond acceptors (Lipinski definition) is 2. The van der Waals surface area contributed by atoms with Crippen LogP contribution in [-0.4, -0.2) is 19.5 Å². The summed E-state index contributed by atoms with van der Waals surface area (Å²) in [6.07, 6.45) is -4.63. The van der Waals surface area contributed by atoms with Gasteiger partial charge in [-0.15, -0.1) is 13.2 Å². The highest BCUT2D eigenvalue weighted by Gasteiger charge is 2.30. The van der Waals surface area contributed by atoms with Crippen LogP contribution in [-0.2, 0) is 0 Å². The highest BCUT2D eigenvalue weighted by molar-refractivity contribution is 5.29. The molecule has 1 N–H and O–H groups in total. The van der Waals surface area contributed by atoms with Gasteiger partial charge < -0.3 is 10.1 Å². The molecule has 0 amide bonds. The van der Waals surface area contributed by atoms with E-state index in [1.807, 2.05) is 6.92 Å². The molecule has 0 radical (unpaired) electrons. The van der Waals surface area contributed by atoms with E-state index in [0.29, 0.717) is 5.92 Å². The van der Waals surface area contributed by atoms with E-state index >= 15 is 0 Å². The molecule has 0 bridgehead atoms. The summed E-state index contributed by atoms with van der Waals surface area (Å²) in [7, 11) is 0. The van der Waals surface area contributed by atoms with Gasteiger partial charge in [-0.25, -0.2) is 0 Å². The van der Waals surface area contributed by atoms with Crippen molar-refractivity contribution >= 4 is 0 Å². The zero-order valence-corrected chi connectivity index (χ0v) is 11.4. The first kappa shape index (κ1) is 15.8. The Kier molecular flexibility index (Phi) is 5.66. The molecule has 0 fully saturated rings. The molecular weight excluding hydrogens is 255 g/mol. The first-order chi connectivity index (χ1) is 8.78. The predicted molar refractivity (Wildman–Crippen MR) is 69.2 cm³/mol. The Labute approximate surface area is 112 Å². The van der Waals surface area contributed by atoms with E-state index in [1.54, 1.807) is 12.1 Å². The topological polar surface area (TPSA) is 21.3 Å². The van der Waals surface area contributed by atoms with E-state index in [4.69, 9.17) is 0 Å². The number of halogens is 3. The Hall–Kier alpha value is -1.23. The number of hydrogen-bond donors (Lipinski definition) is 1. The Bertz CT molecular complexity index is 373. The molecule has 1 aromatic rings. The third kappa shape index (κ3) is 6.47. The van der Waals surface area contributed by atoms with E-state index in [0.717, 1.165) is 18.7 Å². The molecule has 2 nitrogen and oxygen atoms in total. The number of alkyl halides is 3. The maximum Gasteiger partial charge on any atom is 0.573 e. The molecule has 1 rings (SSSR count). The minimum absolute atomic E-state index is 0.182. The number of nitrogens with one attached hydrogen (secondary N) is 1. The second-order valence-corrected chi connectivity index (χ2v) is 5.07. The first-order valence-corrected chi connectivity index (χ1v) is 6.34. The largest absolute Gasteiger partial charge is 0.573 e. The normalized spacial score (nSPS) is 13.6. The van der Waals surface area contributed by atoms with E-state index in [-0.39, 0.29) is 11.7 Å². The van der Waals surface area contributed by atoms with Crippen molar-refractivity contribution in [1.29, 1.82) is 0 Å². The standard InChI is InChI=1S/C14H20F3NO/c1-10(2)8-18-9-11(3)12-4-6-13(7-5-12)19-14(15,16)17/h4-7,10-11,18H,8-9H2,1-3H3. The molecule has 0 saturated carbocycles. The molecule has 0 aromatic heterocycles. The fourth-order valence-electron chi connectivity index (χ4n) is 1.70. The third-order valence-electron chi connectivity index (χ3n) is 2.69. The van der Waals surface area contributed by atoms with Crippen LogP contribution in [0.15, 0.2) is 24.3 Å². The lowest BCUT2D eigenvalue weighted by atomic mass is 10.0. The summed E-state index contributed by atoms with van der Waals surface area (Å²) in [6, 6.07) is 6.04. The Morgan fingerprint density at radius 1 is 1.05 bits per heavy atom. The summed E-state index contributed by atoms with van der Waals surface area (Å²) in [5.74, 6) is 0.645. The van der Waals surface area contributed by atoms with Gasteiger partial charge in [-0.3, -0.25) is 0 Å². The molecule has 0 aliphatic heterocycles. The second kappa shape index (κ2) is 6.80. The zero-order chi connectivity index (χ0) is 14.5. The van der Waals surface area contributed by atoms with Crippen LogP contribution in [0.25, 0.3) is 0 Å². The van der Waals surface area contributed by atoms with Gasteiger partial charge in [0.05, 0.1) is 0 Å². The summed E-state index contributed by atoms with van der Waals surface area (Å²) >= 11 is 0. The van der Waals surface area contributed by atoms with Crippen LogP contribution in [0, 0.1) is 5.92 Å². The molecule has 0 aliphatic carbocycles. The second-order valence-electron chi connectivity index (χ2n) is 5.07. The van der Waals surface area contributed by atoms with Crippen molar-refractivity contribution in [3.8, 4) is 5.75 Å². The molecule has 0 heterocycles. The van der Waals surface area contributed by atoms with E-state index in [1.165, 1.54) is 12.1 Å². The van der Waals surface area contributed by atoms with Crippen molar-refractivity contribution in [2.24, 2.45) is 5.92 Å². The van der Waals surface area contributed by atoms with Crippen molar-refractivity contribution in [1.82, 2.24) is 5.32 Å². The van der Waals surface area contributed by atoms with Gasteiger partial charge in [0.1, 0.15) is 5.75 Å². The summed E-state index contributed by atoms with van der Waals surface area (Å²) in [6.45, 7) is 8.02. The smallest absolute Gasteiger partial charge is 0.406 e. The average Bonchev–Trinajstić information content (AvgIpc) is 2.27. The maximum absolute atomic E-state index is 12.0. The van der Waals surface area contributed by atoms with E-state index in [2.05, 4.69) is 23.9 Å². The fraction of sp³-hybridized carbons (Fsp3) is 0.571. The molecule has 0 spiro atoms. The molecule has 1 atom stereocenters. The Morgan fingerprint density at radius 2 is 1.63 bits per heavy atom. The highest BCUT2D eigenvalue weighted by Crippen LogP contribution is 2.24. The van der Waals surface area contributed by atoms with Gasteiger partial charge in [-0.05, 0) is 36.1 Å². The average molecular weight is 275 g/mol. The summed E-state index contributed by atoms with van der Waals surface area (Å²) in [4.78, 5) is 0. The lowest BCUT2D eigenvalue weighted by Gasteiger charge is -2.15. The minimum atomic E-state index is -4.63. The molecule has 108 valence electrons. The number of benzene rings is 1. The van der Waals surface area contributed by atoms with Crippen molar-refractivity contribution in [3.63, 3.8) is 0 Å². The van der Waals surface area contributed by atoms with Crippen molar-refractivity contribution in [2.45, 2.75) is 33.1 Å². The third-order valence-corrected chi connectivity index (χ3v) is 2.69. The molecular formula is C14H20F3NO. The van der Waals surface area contributed by atoms with Gasteiger partial charge in [-0.1, -0.05) is 32.9 Å². The number of ether oxygens (including phenoxy) is 1. The molecule has 0 aliphatic rings. The van der Waals surface area contributed by atoms with Crippen LogP contribution in [0.5, 0.6) is 5.75 Å². The predicted octanol–water partition coefficient (Wildman–Crippen LogP) is 3.93. The van der Waals surface area contributed by atoms with Crippen LogP contribution in [0.4, 0.5) is 13.2 Å². The van der Waals surface area contributed by atoms with Crippen LogP contribution in [0.2, 0.25) is 0 Å². The molecule has 19 heavy (non-hydrogen) atoms. The van der Waals surface area contributed by atoms with Crippen LogP contribution < -0.4 is 10.1 Å². The summed E-state index contributed by atoms with van der Waals surface area (Å²) in [5.41, 5.74) is 0.991. The van der Waals surface area contributed by atoms with Crippen LogP contribution >= 0.6 is 0 Å². The van der Waals surface area contributed by atoms with Gasteiger partial charge in [0.25, 0.3) is 0 Å². The Balaban J connectivity index is 2.51. The molecule has 5 heteroatoms. The van der Waals surface area contributed by atoms with E-state index < -0.39 is 6.36 Å². The summed E-state index contributed by atoms with van der Waals surface area (Å²) < 4.78 is 39.9. The van der Waals surface area contributed by atoms with Crippen LogP contribution in [0.1, 0.15) is 32.3 Å². The maximum atomic E-state index is 12.0. The van der Waals surface area contributed by atoms with Crippen LogP contribution in [0.3, 0.4) is 0 Å². The van der Waals surface area contributed by atoms with Gasteiger partial charge in [0.15, 0.2) is 0 Å². The van der Waals surface area contributed by atoms with Gasteiger partial charge >= 0.3 is 6.36 Å². The first-order valence-electron chi connectivity index (χ1n) is 6.34. The van der Waals surface area contributed by atoms with Gasteiger partial charge in [0.2, 0.25) is 0 Å². The lowest BCUT2D eigenvalue weighted by molar-refractivity contribution is -0.274. The van der Waals surface area contributed by atoms with Gasteiger partial charge in [0, 0.05) is 6.54 Å². The summed E-state index contributed by atoms with van der Waals surface area (Å²) in [5, 5.41) is 3.32. The fourth-order valence-corrected chi connectivity index (χ4v) is 1.70. The highest BCUT2D eigenvalue weighted by atomic mass is 19.4. The monoisotopic (exact) mass is 275 g/mol. The Morgan fingerprint density at radius 3 is 2.11 bits per heavy atom. The van der Waals surface area contributed by atoms with E-state index in [9.17, 15) is 13.2 Å². The minimum Gasteiger partial charge on any atom is -0.406 e. The number of rotatable bonds is 6. The van der Waals surface area contributed by atoms with Gasteiger partial charge in [-0.2, -0.15) is 0 Å². The molecule has 1 aromatic carbocycles. The zero-order valence-electron chi connectivity index (χ0n) is 11.4. The lowest BCUT2D eigenvalue weighted by Crippen LogP contribution is -2.24. The molecule has 1 unspecified atom stereocenters. The quantitative estimate of drug-likeness (QED) is 0.849. The van der Waals surface area contributed by atoms with Crippen molar-refractivity contribution < 1.29 is 17.9 Å². The van der Waals surface area contributed by atoms with Crippen molar-refractivity contribution in [2.75, 3.05) is 13.1 Å². The SMILES string of the molecule is CC(C)CNCC(C)c1ccc(OC(F)(F)F)cc1. The van der Waals surface area contributed by atoms with Crippen molar-refractivity contribution in [3.05, 3.63) is 29.8 Å².